The van der Waals surface area contributed by atoms with Crippen LogP contribution < -0.4 is 9.47 Å². The summed E-state index contributed by atoms with van der Waals surface area (Å²) in [6, 6.07) is 29.9. The number of carbonyl (C=O) groups is 2. The number of benzene rings is 4. The summed E-state index contributed by atoms with van der Waals surface area (Å²) in [6.45, 7) is 8.15. The van der Waals surface area contributed by atoms with Crippen molar-refractivity contribution in [3.63, 3.8) is 0 Å². The maximum atomic E-state index is 12.8. The van der Waals surface area contributed by atoms with E-state index in [1.165, 1.54) is 167 Å². The first-order chi connectivity index (χ1) is 35.4. The monoisotopic (exact) mass is 985 g/mol. The van der Waals surface area contributed by atoms with E-state index in [0.29, 0.717) is 11.1 Å². The van der Waals surface area contributed by atoms with Crippen molar-refractivity contribution in [2.45, 2.75) is 201 Å². The molecule has 0 radical (unpaired) electrons. The molecule has 0 unspecified atom stereocenters. The summed E-state index contributed by atoms with van der Waals surface area (Å²) < 4.78 is 23.0. The molecule has 72 heavy (non-hydrogen) atoms. The van der Waals surface area contributed by atoms with Crippen LogP contribution in [0.4, 0.5) is 11.4 Å². The minimum atomic E-state index is -0.432. The van der Waals surface area contributed by atoms with Gasteiger partial charge in [0.15, 0.2) is 0 Å². The van der Waals surface area contributed by atoms with Crippen molar-refractivity contribution in [2.75, 3.05) is 26.4 Å². The van der Waals surface area contributed by atoms with Crippen molar-refractivity contribution in [2.24, 2.45) is 15.9 Å². The summed E-state index contributed by atoms with van der Waals surface area (Å²) in [4.78, 5) is 34.7. The molecule has 4 aromatic rings. The van der Waals surface area contributed by atoms with E-state index in [2.05, 4.69) is 23.8 Å². The largest absolute Gasteiger partial charge is 0.494 e. The predicted octanol–water partition coefficient (Wildman–Crippen LogP) is 18.6. The molecule has 0 bridgehead atoms. The fourth-order valence-electron chi connectivity index (χ4n) is 8.59. The van der Waals surface area contributed by atoms with Gasteiger partial charge in [-0.2, -0.15) is 0 Å². The third kappa shape index (κ3) is 28.1. The Morgan fingerprint density at radius 2 is 0.667 bits per heavy atom. The van der Waals surface area contributed by atoms with Gasteiger partial charge >= 0.3 is 11.9 Å². The van der Waals surface area contributed by atoms with Gasteiger partial charge in [0, 0.05) is 18.3 Å². The van der Waals surface area contributed by atoms with Gasteiger partial charge in [0.1, 0.15) is 11.5 Å². The van der Waals surface area contributed by atoms with Crippen LogP contribution >= 0.6 is 0 Å². The maximum Gasteiger partial charge on any atom is 0.338 e. The van der Waals surface area contributed by atoms with Crippen LogP contribution in [0.25, 0.3) is 0 Å². The summed E-state index contributed by atoms with van der Waals surface area (Å²) >= 11 is 0. The second-order valence-corrected chi connectivity index (χ2v) is 19.9. The molecule has 0 aromatic heterocycles. The summed E-state index contributed by atoms with van der Waals surface area (Å²) in [5.41, 5.74) is 4.27. The van der Waals surface area contributed by atoms with Gasteiger partial charge in [-0.05, 0) is 96.8 Å². The van der Waals surface area contributed by atoms with Crippen LogP contribution in [0.2, 0.25) is 0 Å². The van der Waals surface area contributed by atoms with Crippen LogP contribution in [0.15, 0.2) is 107 Å². The van der Waals surface area contributed by atoms with Gasteiger partial charge in [-0.3, -0.25) is 9.98 Å². The van der Waals surface area contributed by atoms with E-state index in [1.807, 2.05) is 79.7 Å². The third-order valence-electron chi connectivity index (χ3n) is 13.2. The van der Waals surface area contributed by atoms with E-state index < -0.39 is 11.9 Å². The predicted molar refractivity (Wildman–Crippen MR) is 302 cm³/mol. The van der Waals surface area contributed by atoms with Crippen molar-refractivity contribution < 1.29 is 28.5 Å². The standard InChI is InChI=1S/C64H92N2O6/c1-4-6-8-10-12-14-16-18-20-22-24-26-28-30-48-69-61-44-40-59(41-45-61)65-50-55-32-36-57(37-33-55)63(67)71-52-54(3)53-72-64(68)58-38-34-56(35-39-58)51-66-60-42-46-62(47-43-60)70-49-31-29-27-25-23-21-19-17-15-13-11-9-7-5-2/h32-47,50-51,54H,4-31,48-49,52-53H2,1-3H3. The molecule has 0 aliphatic heterocycles. The first kappa shape index (κ1) is 59.3. The summed E-state index contributed by atoms with van der Waals surface area (Å²) in [5, 5.41) is 0. The Kier molecular flexibility index (Phi) is 32.4. The number of unbranched alkanes of at least 4 members (excludes halogenated alkanes) is 26. The molecular formula is C64H92N2O6. The molecule has 8 heteroatoms. The van der Waals surface area contributed by atoms with Crippen LogP contribution in [-0.4, -0.2) is 50.8 Å². The molecular weight excluding hydrogens is 893 g/mol. The van der Waals surface area contributed by atoms with Crippen LogP contribution in [0, 0.1) is 5.92 Å². The molecule has 0 saturated heterocycles. The van der Waals surface area contributed by atoms with Gasteiger partial charge < -0.3 is 18.9 Å². The number of esters is 2. The summed E-state index contributed by atoms with van der Waals surface area (Å²) in [5.74, 6) is 0.675. The fourth-order valence-corrected chi connectivity index (χ4v) is 8.59. The average Bonchev–Trinajstić information content (AvgIpc) is 3.41. The molecule has 394 valence electrons. The zero-order chi connectivity index (χ0) is 50.9. The van der Waals surface area contributed by atoms with E-state index in [-0.39, 0.29) is 19.1 Å². The highest BCUT2D eigenvalue weighted by molar-refractivity contribution is 5.92. The van der Waals surface area contributed by atoms with Crippen molar-refractivity contribution in [3.8, 4) is 11.5 Å². The second-order valence-electron chi connectivity index (χ2n) is 19.9. The lowest BCUT2D eigenvalue weighted by molar-refractivity contribution is 0.0282. The van der Waals surface area contributed by atoms with Gasteiger partial charge in [-0.25, -0.2) is 9.59 Å². The van der Waals surface area contributed by atoms with Gasteiger partial charge in [0.2, 0.25) is 0 Å². The van der Waals surface area contributed by atoms with E-state index in [0.717, 1.165) is 60.1 Å². The average molecular weight is 985 g/mol. The zero-order valence-electron chi connectivity index (χ0n) is 44.9. The van der Waals surface area contributed by atoms with E-state index in [9.17, 15) is 9.59 Å². The Labute approximate surface area is 436 Å². The van der Waals surface area contributed by atoms with Gasteiger partial charge in [-0.1, -0.05) is 212 Å². The van der Waals surface area contributed by atoms with E-state index >= 15 is 0 Å². The number of rotatable bonds is 42. The maximum absolute atomic E-state index is 12.8. The minimum Gasteiger partial charge on any atom is -0.494 e. The number of hydrogen-bond acceptors (Lipinski definition) is 8. The van der Waals surface area contributed by atoms with Crippen LogP contribution in [0.5, 0.6) is 11.5 Å². The van der Waals surface area contributed by atoms with E-state index in [4.69, 9.17) is 18.9 Å². The molecule has 0 saturated carbocycles. The Morgan fingerprint density at radius 1 is 0.389 bits per heavy atom. The van der Waals surface area contributed by atoms with Crippen molar-refractivity contribution in [1.29, 1.82) is 0 Å². The number of ether oxygens (including phenoxy) is 4. The molecule has 0 fully saturated rings. The number of carbonyl (C=O) groups excluding carboxylic acids is 2. The Balaban J connectivity index is 1.00. The highest BCUT2D eigenvalue weighted by atomic mass is 16.5. The summed E-state index contributed by atoms with van der Waals surface area (Å²) in [7, 11) is 0. The quantitative estimate of drug-likeness (QED) is 0.0249. The third-order valence-corrected chi connectivity index (χ3v) is 13.2. The SMILES string of the molecule is CCCCCCCCCCCCCCCCOc1ccc(N=Cc2ccc(C(=O)OCC(C)COC(=O)c3ccc(C=Nc4ccc(OCCCCCCCCCCCCCCCC)cc4)cc3)cc2)cc1. The first-order valence-corrected chi connectivity index (χ1v) is 28.5. The topological polar surface area (TPSA) is 95.8 Å². The number of aliphatic imine (C=N–C) groups is 2. The molecule has 0 aliphatic rings. The molecule has 4 rings (SSSR count). The van der Waals surface area contributed by atoms with Gasteiger partial charge in [-0.15, -0.1) is 0 Å². The van der Waals surface area contributed by atoms with E-state index in [1.54, 1.807) is 36.7 Å². The van der Waals surface area contributed by atoms with Crippen molar-refractivity contribution >= 4 is 35.7 Å². The van der Waals surface area contributed by atoms with Gasteiger partial charge in [0.25, 0.3) is 0 Å². The Morgan fingerprint density at radius 3 is 0.958 bits per heavy atom. The number of hydrogen-bond donors (Lipinski definition) is 0. The first-order valence-electron chi connectivity index (χ1n) is 28.5. The van der Waals surface area contributed by atoms with Crippen molar-refractivity contribution in [3.05, 3.63) is 119 Å². The fraction of sp³-hybridized carbons (Fsp3) is 0.562. The Bertz CT molecular complexity index is 1880. The minimum absolute atomic E-state index is 0.122. The van der Waals surface area contributed by atoms with Crippen molar-refractivity contribution in [1.82, 2.24) is 0 Å². The molecule has 0 heterocycles. The molecule has 8 nitrogen and oxygen atoms in total. The molecule has 4 aromatic carbocycles. The lowest BCUT2D eigenvalue weighted by atomic mass is 10.0. The van der Waals surface area contributed by atoms with Crippen LogP contribution in [0.1, 0.15) is 232 Å². The molecule has 0 aliphatic carbocycles. The molecule has 0 atom stereocenters. The lowest BCUT2D eigenvalue weighted by Crippen LogP contribution is -2.18. The van der Waals surface area contributed by atoms with Gasteiger partial charge in [0.05, 0.1) is 48.9 Å². The Hall–Kier alpha value is -5.24. The zero-order valence-corrected chi connectivity index (χ0v) is 44.9. The lowest BCUT2D eigenvalue weighted by Gasteiger charge is -2.13. The highest BCUT2D eigenvalue weighted by Gasteiger charge is 2.14. The molecule has 0 spiro atoms. The normalized spacial score (nSPS) is 11.9. The molecule has 0 amide bonds. The smallest absolute Gasteiger partial charge is 0.338 e. The highest BCUT2D eigenvalue weighted by Crippen LogP contribution is 2.22. The summed E-state index contributed by atoms with van der Waals surface area (Å²) in [6.07, 6.45) is 41.3. The second kappa shape index (κ2) is 39.3. The van der Waals surface area contributed by atoms with Crippen LogP contribution in [0.3, 0.4) is 0 Å². The molecule has 0 N–H and O–H groups in total. The van der Waals surface area contributed by atoms with Crippen LogP contribution in [-0.2, 0) is 9.47 Å². The number of nitrogens with zero attached hydrogens (tertiary/aromatic N) is 2.